The number of nitrogens with one attached hydrogen (secondary N) is 1. The summed E-state index contributed by atoms with van der Waals surface area (Å²) in [6.07, 6.45) is -8.49. The molecule has 1 amide bonds. The van der Waals surface area contributed by atoms with Crippen molar-refractivity contribution in [2.45, 2.75) is 17.4 Å². The molecule has 0 saturated carbocycles. The van der Waals surface area contributed by atoms with Crippen molar-refractivity contribution in [1.82, 2.24) is 9.78 Å². The summed E-state index contributed by atoms with van der Waals surface area (Å²) in [5.41, 5.74) is -2.72. The van der Waals surface area contributed by atoms with Crippen LogP contribution in [-0.2, 0) is 16.0 Å². The second kappa shape index (κ2) is 8.42. The van der Waals surface area contributed by atoms with E-state index in [1.165, 1.54) is 18.2 Å². The summed E-state index contributed by atoms with van der Waals surface area (Å²) >= 11 is 0. The van der Waals surface area contributed by atoms with Gasteiger partial charge in [0.1, 0.15) is 5.75 Å². The van der Waals surface area contributed by atoms with Crippen LogP contribution in [0.2, 0.25) is 0 Å². The highest BCUT2D eigenvalue weighted by Crippen LogP contribution is 2.34. The number of halogens is 6. The molecule has 2 aromatic carbocycles. The van der Waals surface area contributed by atoms with Gasteiger partial charge in [0.25, 0.3) is 5.91 Å². The minimum Gasteiger partial charge on any atom is -0.406 e. The van der Waals surface area contributed by atoms with Crippen LogP contribution >= 0.6 is 0 Å². The van der Waals surface area contributed by atoms with E-state index < -0.39 is 45.3 Å². The van der Waals surface area contributed by atoms with Gasteiger partial charge in [-0.1, -0.05) is 6.07 Å². The lowest BCUT2D eigenvalue weighted by atomic mass is 10.2. The molecular formula is C19H13F6N3O4S. The van der Waals surface area contributed by atoms with E-state index in [0.717, 1.165) is 36.6 Å². The summed E-state index contributed by atoms with van der Waals surface area (Å²) in [6, 6.07) is 8.29. The molecule has 0 saturated heterocycles. The number of amides is 1. The fraction of sp³-hybridized carbons (Fsp3) is 0.158. The predicted molar refractivity (Wildman–Crippen MR) is 103 cm³/mol. The number of sulfone groups is 1. The third-order valence-corrected chi connectivity index (χ3v) is 5.23. The number of benzene rings is 2. The Morgan fingerprint density at radius 1 is 1.03 bits per heavy atom. The molecular weight excluding hydrogens is 480 g/mol. The van der Waals surface area contributed by atoms with E-state index in [-0.39, 0.29) is 16.3 Å². The fourth-order valence-corrected chi connectivity index (χ4v) is 3.44. The van der Waals surface area contributed by atoms with Gasteiger partial charge >= 0.3 is 12.5 Å². The Labute approximate surface area is 182 Å². The number of carbonyl (C=O) groups is 1. The van der Waals surface area contributed by atoms with Gasteiger partial charge in [0.05, 0.1) is 22.3 Å². The number of hydrogen-bond acceptors (Lipinski definition) is 5. The highest BCUT2D eigenvalue weighted by molar-refractivity contribution is 7.90. The zero-order valence-corrected chi connectivity index (χ0v) is 17.2. The molecule has 0 aliphatic carbocycles. The maximum atomic E-state index is 13.8. The molecule has 0 atom stereocenters. The van der Waals surface area contributed by atoms with Gasteiger partial charge in [-0.25, -0.2) is 13.1 Å². The van der Waals surface area contributed by atoms with Gasteiger partial charge in [0.15, 0.2) is 15.5 Å². The second-order valence-electron chi connectivity index (χ2n) is 6.61. The molecule has 0 radical (unpaired) electrons. The first-order valence-corrected chi connectivity index (χ1v) is 10.7. The van der Waals surface area contributed by atoms with Gasteiger partial charge in [-0.15, -0.1) is 13.2 Å². The van der Waals surface area contributed by atoms with Crippen molar-refractivity contribution in [3.05, 3.63) is 66.0 Å². The number of nitrogens with zero attached hydrogens (tertiary/aromatic N) is 2. The van der Waals surface area contributed by atoms with Crippen molar-refractivity contribution in [3.63, 3.8) is 0 Å². The molecule has 1 aromatic heterocycles. The minimum atomic E-state index is -5.07. The van der Waals surface area contributed by atoms with E-state index in [1.54, 1.807) is 0 Å². The molecule has 1 N–H and O–H groups in total. The molecule has 0 fully saturated rings. The van der Waals surface area contributed by atoms with Gasteiger partial charge in [0, 0.05) is 11.9 Å². The second-order valence-corrected chi connectivity index (χ2v) is 8.63. The van der Waals surface area contributed by atoms with E-state index in [9.17, 15) is 39.6 Å². The van der Waals surface area contributed by atoms with E-state index >= 15 is 0 Å². The normalized spacial score (nSPS) is 12.5. The molecule has 14 heteroatoms. The molecule has 176 valence electrons. The van der Waals surface area contributed by atoms with E-state index in [0.29, 0.717) is 10.9 Å². The number of rotatable bonds is 5. The van der Waals surface area contributed by atoms with Crippen LogP contribution in [0.4, 0.5) is 32.0 Å². The van der Waals surface area contributed by atoms with Crippen LogP contribution in [0, 0.1) is 0 Å². The van der Waals surface area contributed by atoms with Crippen LogP contribution in [-0.4, -0.2) is 36.7 Å². The average Bonchev–Trinajstić information content (AvgIpc) is 3.13. The van der Waals surface area contributed by atoms with Crippen LogP contribution in [0.1, 0.15) is 16.1 Å². The maximum Gasteiger partial charge on any atom is 0.573 e. The van der Waals surface area contributed by atoms with Gasteiger partial charge in [0.2, 0.25) is 0 Å². The van der Waals surface area contributed by atoms with Gasteiger partial charge < -0.3 is 10.1 Å². The molecule has 1 heterocycles. The van der Waals surface area contributed by atoms with Crippen LogP contribution in [0.15, 0.2) is 59.6 Å². The lowest BCUT2D eigenvalue weighted by Crippen LogP contribution is -2.21. The lowest BCUT2D eigenvalue weighted by Gasteiger charge is -2.14. The fourth-order valence-electron chi connectivity index (χ4n) is 2.78. The van der Waals surface area contributed by atoms with Crippen molar-refractivity contribution in [2.75, 3.05) is 11.6 Å². The molecule has 0 aliphatic rings. The molecule has 3 rings (SSSR count). The Morgan fingerprint density at radius 2 is 1.67 bits per heavy atom. The largest absolute Gasteiger partial charge is 0.573 e. The van der Waals surface area contributed by atoms with Crippen LogP contribution in [0.3, 0.4) is 0 Å². The van der Waals surface area contributed by atoms with Crippen molar-refractivity contribution in [1.29, 1.82) is 0 Å². The predicted octanol–water partition coefficient (Wildman–Crippen LogP) is 4.45. The minimum absolute atomic E-state index is 0.0718. The first-order chi connectivity index (χ1) is 15.1. The standard InChI is InChI=1S/C19H13F6N3O4S/c1-33(30,31)14-4-2-3-11(9-14)27-17(29)15-10-26-28(16(15)18(20,21)22)12-5-7-13(8-6-12)32-19(23,24)25/h2-10H,1H3,(H,27,29). The van der Waals surface area contributed by atoms with Gasteiger partial charge in [-0.05, 0) is 42.5 Å². The smallest absolute Gasteiger partial charge is 0.406 e. The van der Waals surface area contributed by atoms with E-state index in [2.05, 4.69) is 15.2 Å². The summed E-state index contributed by atoms with van der Waals surface area (Å²) < 4.78 is 105. The van der Waals surface area contributed by atoms with Crippen LogP contribution in [0.25, 0.3) is 5.69 Å². The molecule has 7 nitrogen and oxygen atoms in total. The Kier molecular flexibility index (Phi) is 6.15. The highest BCUT2D eigenvalue weighted by atomic mass is 32.2. The Balaban J connectivity index is 1.96. The molecule has 0 bridgehead atoms. The number of anilines is 1. The first kappa shape index (κ1) is 24.1. The zero-order chi connectivity index (χ0) is 24.6. The lowest BCUT2D eigenvalue weighted by molar-refractivity contribution is -0.274. The monoisotopic (exact) mass is 493 g/mol. The SMILES string of the molecule is CS(=O)(=O)c1cccc(NC(=O)c2cnn(-c3ccc(OC(F)(F)F)cc3)c2C(F)(F)F)c1. The van der Waals surface area contributed by atoms with Crippen molar-refractivity contribution >= 4 is 21.4 Å². The number of carbonyl (C=O) groups excluding carboxylic acids is 1. The van der Waals surface area contributed by atoms with Gasteiger partial charge in [-0.2, -0.15) is 18.3 Å². The van der Waals surface area contributed by atoms with Crippen LogP contribution < -0.4 is 10.1 Å². The maximum absolute atomic E-state index is 13.8. The van der Waals surface area contributed by atoms with Crippen molar-refractivity contribution < 1.29 is 44.3 Å². The quantitative estimate of drug-likeness (QED) is 0.531. The topological polar surface area (TPSA) is 90.3 Å². The molecule has 3 aromatic rings. The van der Waals surface area contributed by atoms with E-state index in [1.807, 2.05) is 0 Å². The third kappa shape index (κ3) is 5.83. The number of aromatic nitrogens is 2. The summed E-state index contributed by atoms with van der Waals surface area (Å²) in [7, 11) is -3.63. The highest BCUT2D eigenvalue weighted by Gasteiger charge is 2.40. The molecule has 0 aliphatic heterocycles. The molecule has 0 spiro atoms. The number of ether oxygens (including phenoxy) is 1. The van der Waals surface area contributed by atoms with E-state index in [4.69, 9.17) is 0 Å². The summed E-state index contributed by atoms with van der Waals surface area (Å²) in [4.78, 5) is 12.4. The summed E-state index contributed by atoms with van der Waals surface area (Å²) in [5, 5.41) is 5.73. The number of alkyl halides is 6. The van der Waals surface area contributed by atoms with Crippen molar-refractivity contribution in [3.8, 4) is 11.4 Å². The zero-order valence-electron chi connectivity index (χ0n) is 16.4. The third-order valence-electron chi connectivity index (χ3n) is 4.12. The summed E-state index contributed by atoms with van der Waals surface area (Å²) in [5.74, 6) is -1.88. The first-order valence-electron chi connectivity index (χ1n) is 8.78. The Morgan fingerprint density at radius 3 is 2.21 bits per heavy atom. The molecule has 33 heavy (non-hydrogen) atoms. The van der Waals surface area contributed by atoms with Crippen molar-refractivity contribution in [2.24, 2.45) is 0 Å². The average molecular weight is 493 g/mol. The van der Waals surface area contributed by atoms with Gasteiger partial charge in [-0.3, -0.25) is 4.79 Å². The molecule has 0 unspecified atom stereocenters. The Bertz CT molecular complexity index is 1280. The van der Waals surface area contributed by atoms with Crippen LogP contribution in [0.5, 0.6) is 5.75 Å². The summed E-state index contributed by atoms with van der Waals surface area (Å²) in [6.45, 7) is 0. The number of hydrogen-bond donors (Lipinski definition) is 1. The Hall–Kier alpha value is -3.55.